The zero-order chi connectivity index (χ0) is 16.8. The summed E-state index contributed by atoms with van der Waals surface area (Å²) in [6, 6.07) is 0.273. The van der Waals surface area contributed by atoms with Gasteiger partial charge < -0.3 is 0 Å². The minimum absolute atomic E-state index is 0.00549. The number of hydrogen-bond donors (Lipinski definition) is 0. The van der Waals surface area contributed by atoms with Crippen LogP contribution in [0, 0.1) is 0 Å². The average Bonchev–Trinajstić information content (AvgIpc) is 3.03. The van der Waals surface area contributed by atoms with Gasteiger partial charge in [-0.3, -0.25) is 18.8 Å². The highest BCUT2D eigenvalue weighted by Gasteiger charge is 2.34. The molecule has 0 aromatic carbocycles. The molecule has 2 aromatic heterocycles. The maximum Gasteiger partial charge on any atom is 0.441 e. The van der Waals surface area contributed by atoms with E-state index in [1.165, 1.54) is 15.9 Å². The molecule has 0 N–H and O–H groups in total. The Balaban J connectivity index is 1.87. The van der Waals surface area contributed by atoms with Gasteiger partial charge in [0.15, 0.2) is 11.0 Å². The first kappa shape index (κ1) is 15.9. The summed E-state index contributed by atoms with van der Waals surface area (Å²) in [4.78, 5) is 30.0. The van der Waals surface area contributed by atoms with Crippen molar-refractivity contribution in [3.05, 3.63) is 27.4 Å². The normalized spacial score (nSPS) is 15.0. The first-order valence-electron chi connectivity index (χ1n) is 7.58. The Morgan fingerprint density at radius 2 is 2.17 bits per heavy atom. The van der Waals surface area contributed by atoms with E-state index in [9.17, 15) is 9.59 Å². The number of anilines is 1. The molecule has 0 bridgehead atoms. The van der Waals surface area contributed by atoms with Gasteiger partial charge in [0.2, 0.25) is 5.91 Å². The van der Waals surface area contributed by atoms with E-state index < -0.39 is 5.76 Å². The van der Waals surface area contributed by atoms with Crippen LogP contribution in [-0.4, -0.2) is 26.7 Å². The molecule has 0 radical (unpaired) electrons. The topological polar surface area (TPSA) is 81.2 Å². The molecule has 1 fully saturated rings. The molecule has 1 aliphatic carbocycles. The second kappa shape index (κ2) is 5.59. The zero-order valence-electron chi connectivity index (χ0n) is 13.7. The molecule has 124 valence electrons. The maximum atomic E-state index is 11.9. The van der Waals surface area contributed by atoms with Crippen LogP contribution in [0.1, 0.15) is 52.1 Å². The van der Waals surface area contributed by atoms with E-state index >= 15 is 0 Å². The van der Waals surface area contributed by atoms with Gasteiger partial charge in [-0.25, -0.2) is 9.78 Å². The van der Waals surface area contributed by atoms with Crippen LogP contribution in [0.25, 0.3) is 0 Å². The largest absolute Gasteiger partial charge is 0.441 e. The van der Waals surface area contributed by atoms with Gasteiger partial charge in [0.05, 0.1) is 12.2 Å². The number of carbonyl (C=O) groups is 1. The van der Waals surface area contributed by atoms with Crippen molar-refractivity contribution in [3.63, 3.8) is 0 Å². The summed E-state index contributed by atoms with van der Waals surface area (Å²) >= 11 is 1.42. The third kappa shape index (κ3) is 3.21. The molecule has 8 heteroatoms. The minimum Gasteiger partial charge on any atom is -0.296 e. The average molecular weight is 336 g/mol. The van der Waals surface area contributed by atoms with Crippen molar-refractivity contribution >= 4 is 22.4 Å². The molecule has 23 heavy (non-hydrogen) atoms. The van der Waals surface area contributed by atoms with E-state index in [-0.39, 0.29) is 17.4 Å². The van der Waals surface area contributed by atoms with Gasteiger partial charge in [0.1, 0.15) is 0 Å². The van der Waals surface area contributed by atoms with Gasteiger partial charge in [-0.05, 0) is 12.8 Å². The molecule has 2 aromatic rings. The van der Waals surface area contributed by atoms with Crippen molar-refractivity contribution < 1.29 is 9.32 Å². The summed E-state index contributed by atoms with van der Waals surface area (Å²) in [7, 11) is 0. The highest BCUT2D eigenvalue weighted by Crippen LogP contribution is 2.33. The van der Waals surface area contributed by atoms with Gasteiger partial charge in [-0.1, -0.05) is 25.9 Å². The smallest absolute Gasteiger partial charge is 0.296 e. The molecule has 0 aliphatic heterocycles. The highest BCUT2D eigenvalue weighted by atomic mass is 32.1. The standard InChI is InChI=1S/C15H20N4O3S/c1-9(20)19(11-5-6-11)13-16-10(8-23-13)7-18-12(15(2,3)4)17-22-14(18)21/h8,11H,5-7H2,1-4H3. The van der Waals surface area contributed by atoms with E-state index in [1.807, 2.05) is 26.2 Å². The lowest BCUT2D eigenvalue weighted by molar-refractivity contribution is -0.116. The monoisotopic (exact) mass is 336 g/mol. The number of rotatable bonds is 4. The van der Waals surface area contributed by atoms with Crippen LogP contribution in [0.3, 0.4) is 0 Å². The Morgan fingerprint density at radius 1 is 1.48 bits per heavy atom. The van der Waals surface area contributed by atoms with E-state index in [0.717, 1.165) is 18.5 Å². The fourth-order valence-electron chi connectivity index (χ4n) is 2.47. The summed E-state index contributed by atoms with van der Waals surface area (Å²) < 4.78 is 6.30. The molecule has 1 saturated carbocycles. The van der Waals surface area contributed by atoms with Crippen LogP contribution >= 0.6 is 11.3 Å². The Morgan fingerprint density at radius 3 is 2.74 bits per heavy atom. The zero-order valence-corrected chi connectivity index (χ0v) is 14.5. The number of hydrogen-bond acceptors (Lipinski definition) is 6. The molecule has 0 saturated heterocycles. The number of amides is 1. The predicted octanol–water partition coefficient (Wildman–Crippen LogP) is 2.15. The summed E-state index contributed by atoms with van der Waals surface area (Å²) in [6.07, 6.45) is 2.04. The number of carbonyl (C=O) groups excluding carboxylic acids is 1. The van der Waals surface area contributed by atoms with Crippen LogP contribution in [0.5, 0.6) is 0 Å². The number of aromatic nitrogens is 3. The molecule has 2 heterocycles. The molecule has 0 spiro atoms. The number of thiazole rings is 1. The van der Waals surface area contributed by atoms with Crippen LogP contribution in [0.15, 0.2) is 14.7 Å². The van der Waals surface area contributed by atoms with Crippen LogP contribution in [0.2, 0.25) is 0 Å². The van der Waals surface area contributed by atoms with Crippen LogP contribution in [0.4, 0.5) is 5.13 Å². The first-order chi connectivity index (χ1) is 10.8. The van der Waals surface area contributed by atoms with Crippen molar-refractivity contribution in [2.45, 2.75) is 58.5 Å². The second-order valence-electron chi connectivity index (χ2n) is 6.85. The molecule has 3 rings (SSSR count). The van der Waals surface area contributed by atoms with Gasteiger partial charge in [0, 0.05) is 23.8 Å². The van der Waals surface area contributed by atoms with E-state index in [0.29, 0.717) is 17.5 Å². The molecular weight excluding hydrogens is 316 g/mol. The number of nitrogens with zero attached hydrogens (tertiary/aromatic N) is 4. The minimum atomic E-state index is -0.491. The lowest BCUT2D eigenvalue weighted by Crippen LogP contribution is -2.30. The Hall–Kier alpha value is -1.96. The van der Waals surface area contributed by atoms with Gasteiger partial charge in [-0.15, -0.1) is 11.3 Å². The van der Waals surface area contributed by atoms with Crippen LogP contribution in [-0.2, 0) is 16.8 Å². The Kier molecular flexibility index (Phi) is 3.87. The molecule has 7 nitrogen and oxygen atoms in total. The predicted molar refractivity (Wildman–Crippen MR) is 86.9 cm³/mol. The van der Waals surface area contributed by atoms with Crippen molar-refractivity contribution in [3.8, 4) is 0 Å². The molecule has 0 atom stereocenters. The summed E-state index contributed by atoms with van der Waals surface area (Å²) in [5, 5.41) is 6.44. The van der Waals surface area contributed by atoms with Gasteiger partial charge in [-0.2, -0.15) is 0 Å². The fraction of sp³-hybridized carbons (Fsp3) is 0.600. The summed E-state index contributed by atoms with van der Waals surface area (Å²) in [5.74, 6) is 0.101. The van der Waals surface area contributed by atoms with E-state index in [1.54, 1.807) is 11.8 Å². The van der Waals surface area contributed by atoms with Crippen molar-refractivity contribution in [1.29, 1.82) is 0 Å². The van der Waals surface area contributed by atoms with E-state index in [4.69, 9.17) is 4.52 Å². The quantitative estimate of drug-likeness (QED) is 0.854. The maximum absolute atomic E-state index is 11.9. The fourth-order valence-corrected chi connectivity index (χ4v) is 3.40. The molecule has 0 unspecified atom stereocenters. The SMILES string of the molecule is CC(=O)N(c1nc(Cn2c(C(C)(C)C)noc2=O)cs1)C1CC1. The second-order valence-corrected chi connectivity index (χ2v) is 7.69. The third-order valence-electron chi connectivity index (χ3n) is 3.67. The molecule has 1 aliphatic rings. The third-order valence-corrected chi connectivity index (χ3v) is 4.56. The Labute approximate surface area is 137 Å². The van der Waals surface area contributed by atoms with Crippen molar-refractivity contribution in [2.75, 3.05) is 4.90 Å². The summed E-state index contributed by atoms with van der Waals surface area (Å²) in [6.45, 7) is 7.76. The van der Waals surface area contributed by atoms with Crippen molar-refractivity contribution in [1.82, 2.24) is 14.7 Å². The van der Waals surface area contributed by atoms with Crippen molar-refractivity contribution in [2.24, 2.45) is 0 Å². The van der Waals surface area contributed by atoms with E-state index in [2.05, 4.69) is 10.1 Å². The lowest BCUT2D eigenvalue weighted by Gasteiger charge is -2.17. The van der Waals surface area contributed by atoms with Gasteiger partial charge in [0.25, 0.3) is 0 Å². The van der Waals surface area contributed by atoms with Crippen LogP contribution < -0.4 is 10.7 Å². The molecule has 1 amide bonds. The summed E-state index contributed by atoms with van der Waals surface area (Å²) in [5.41, 5.74) is 0.428. The highest BCUT2D eigenvalue weighted by molar-refractivity contribution is 7.14. The van der Waals surface area contributed by atoms with Gasteiger partial charge >= 0.3 is 5.76 Å². The lowest BCUT2D eigenvalue weighted by atomic mass is 9.96. The Bertz CT molecular complexity index is 779. The first-order valence-corrected chi connectivity index (χ1v) is 8.46. The molecular formula is C15H20N4O3S.